The fourth-order valence-corrected chi connectivity index (χ4v) is 3.54. The van der Waals surface area contributed by atoms with Crippen molar-refractivity contribution >= 4 is 41.7 Å². The number of carbonyl (C=O) groups is 1. The van der Waals surface area contributed by atoms with Gasteiger partial charge in [-0.2, -0.15) is 0 Å². The Labute approximate surface area is 200 Å². The number of hydrogen-bond acceptors (Lipinski definition) is 2. The summed E-state index contributed by atoms with van der Waals surface area (Å²) in [6, 6.07) is 12.6. The first-order valence-corrected chi connectivity index (χ1v) is 10.4. The number of aryl methyl sites for hydroxylation is 1. The van der Waals surface area contributed by atoms with E-state index < -0.39 is 0 Å². The summed E-state index contributed by atoms with van der Waals surface area (Å²) in [4.78, 5) is 18.4. The Balaban J connectivity index is 0.00000341. The maximum atomic E-state index is 13.2. The molecule has 2 aromatic rings. The molecule has 1 fully saturated rings. The molecule has 8 heteroatoms. The molecule has 0 unspecified atom stereocenters. The van der Waals surface area contributed by atoms with Gasteiger partial charge in [-0.05, 0) is 67.1 Å². The topological polar surface area (TPSA) is 68.8 Å². The largest absolute Gasteiger partial charge is 0.356 e. The van der Waals surface area contributed by atoms with E-state index in [1.807, 2.05) is 42.2 Å². The third-order valence-corrected chi connectivity index (χ3v) is 5.25. The number of rotatable bonds is 6. The zero-order valence-electron chi connectivity index (χ0n) is 18.1. The predicted molar refractivity (Wildman–Crippen MR) is 135 cm³/mol. The number of anilines is 1. The van der Waals surface area contributed by atoms with Crippen molar-refractivity contribution in [1.29, 1.82) is 0 Å². The van der Waals surface area contributed by atoms with E-state index >= 15 is 0 Å². The summed E-state index contributed by atoms with van der Waals surface area (Å²) in [6.07, 6.45) is 2.93. The minimum absolute atomic E-state index is 0. The lowest BCUT2D eigenvalue weighted by molar-refractivity contribution is 0.222. The molecule has 1 heterocycles. The molecule has 0 bridgehead atoms. The molecule has 0 radical (unpaired) electrons. The standard InChI is InChI=1S/C23H30FN5O.HI/c1-17-14-20(24)9-8-19(17)10-11-26-22(25-2)27-16-18-6-5-7-21(15-18)28-23(30)29-12-3-4-13-29;/h5-9,14-15H,3-4,10-13,16H2,1-2H3,(H,28,30)(H2,25,26,27);1H. The predicted octanol–water partition coefficient (Wildman–Crippen LogP) is 4.29. The molecule has 3 rings (SSSR count). The van der Waals surface area contributed by atoms with Crippen LogP contribution in [0, 0.1) is 12.7 Å². The van der Waals surface area contributed by atoms with Crippen LogP contribution in [0.25, 0.3) is 0 Å². The average Bonchev–Trinajstić information content (AvgIpc) is 3.27. The average molecular weight is 539 g/mol. The van der Waals surface area contributed by atoms with Crippen molar-refractivity contribution in [3.05, 3.63) is 65.0 Å². The van der Waals surface area contributed by atoms with Crippen LogP contribution >= 0.6 is 24.0 Å². The van der Waals surface area contributed by atoms with Gasteiger partial charge in [0, 0.05) is 38.9 Å². The van der Waals surface area contributed by atoms with Crippen molar-refractivity contribution in [2.75, 3.05) is 32.0 Å². The van der Waals surface area contributed by atoms with Crippen LogP contribution in [0.1, 0.15) is 29.5 Å². The van der Waals surface area contributed by atoms with Gasteiger partial charge in [0.2, 0.25) is 0 Å². The fourth-order valence-electron chi connectivity index (χ4n) is 3.54. The lowest BCUT2D eigenvalue weighted by Gasteiger charge is -2.17. The van der Waals surface area contributed by atoms with Gasteiger partial charge in [0.05, 0.1) is 0 Å². The second-order valence-electron chi connectivity index (χ2n) is 7.50. The van der Waals surface area contributed by atoms with E-state index in [1.54, 1.807) is 13.1 Å². The second kappa shape index (κ2) is 12.5. The van der Waals surface area contributed by atoms with Gasteiger partial charge in [-0.15, -0.1) is 24.0 Å². The van der Waals surface area contributed by atoms with Gasteiger partial charge < -0.3 is 20.9 Å². The first kappa shape index (κ1) is 24.9. The Morgan fingerprint density at radius 2 is 1.90 bits per heavy atom. The van der Waals surface area contributed by atoms with E-state index in [4.69, 9.17) is 0 Å². The van der Waals surface area contributed by atoms with Gasteiger partial charge in [-0.1, -0.05) is 18.2 Å². The summed E-state index contributed by atoms with van der Waals surface area (Å²) in [5, 5.41) is 9.54. The summed E-state index contributed by atoms with van der Waals surface area (Å²) in [6.45, 7) is 4.85. The Hall–Kier alpha value is -2.36. The lowest BCUT2D eigenvalue weighted by Crippen LogP contribution is -2.38. The highest BCUT2D eigenvalue weighted by Gasteiger charge is 2.17. The van der Waals surface area contributed by atoms with E-state index in [0.717, 1.165) is 54.7 Å². The van der Waals surface area contributed by atoms with E-state index in [0.29, 0.717) is 19.0 Å². The number of guanidine groups is 1. The molecule has 0 spiro atoms. The number of carbonyl (C=O) groups excluding carboxylic acids is 1. The summed E-state index contributed by atoms with van der Waals surface area (Å²) in [7, 11) is 1.73. The molecule has 1 aliphatic rings. The highest BCUT2D eigenvalue weighted by Crippen LogP contribution is 2.14. The summed E-state index contributed by atoms with van der Waals surface area (Å²) >= 11 is 0. The van der Waals surface area contributed by atoms with Crippen molar-refractivity contribution in [2.24, 2.45) is 4.99 Å². The highest BCUT2D eigenvalue weighted by molar-refractivity contribution is 14.0. The van der Waals surface area contributed by atoms with Crippen LogP contribution in [-0.2, 0) is 13.0 Å². The van der Waals surface area contributed by atoms with Gasteiger partial charge in [0.25, 0.3) is 0 Å². The first-order chi connectivity index (χ1) is 14.5. The number of urea groups is 1. The van der Waals surface area contributed by atoms with Crippen molar-refractivity contribution in [1.82, 2.24) is 15.5 Å². The molecular weight excluding hydrogens is 508 g/mol. The third-order valence-electron chi connectivity index (χ3n) is 5.25. The molecule has 0 aliphatic carbocycles. The maximum absolute atomic E-state index is 13.2. The van der Waals surface area contributed by atoms with Crippen molar-refractivity contribution in [2.45, 2.75) is 32.7 Å². The van der Waals surface area contributed by atoms with Crippen LogP contribution in [0.5, 0.6) is 0 Å². The van der Waals surface area contributed by atoms with Gasteiger partial charge in [-0.25, -0.2) is 9.18 Å². The monoisotopic (exact) mass is 539 g/mol. The molecule has 0 atom stereocenters. The summed E-state index contributed by atoms with van der Waals surface area (Å²) in [5.74, 6) is 0.488. The smallest absolute Gasteiger partial charge is 0.321 e. The summed E-state index contributed by atoms with van der Waals surface area (Å²) in [5.41, 5.74) is 3.90. The quantitative estimate of drug-likeness (QED) is 0.292. The fraction of sp³-hybridized carbons (Fsp3) is 0.391. The SMILES string of the molecule is CN=C(NCCc1ccc(F)cc1C)NCc1cccc(NC(=O)N2CCCC2)c1.I. The summed E-state index contributed by atoms with van der Waals surface area (Å²) < 4.78 is 13.2. The van der Waals surface area contributed by atoms with Crippen molar-refractivity contribution in [3.63, 3.8) is 0 Å². The molecule has 31 heavy (non-hydrogen) atoms. The van der Waals surface area contributed by atoms with Crippen molar-refractivity contribution in [3.8, 4) is 0 Å². The van der Waals surface area contributed by atoms with E-state index in [9.17, 15) is 9.18 Å². The minimum atomic E-state index is -0.208. The number of hydrogen-bond donors (Lipinski definition) is 3. The Morgan fingerprint density at radius 1 is 1.13 bits per heavy atom. The Kier molecular flexibility index (Phi) is 10.0. The number of likely N-dealkylation sites (tertiary alicyclic amines) is 1. The third kappa shape index (κ3) is 7.68. The maximum Gasteiger partial charge on any atom is 0.321 e. The number of aliphatic imine (C=N–C) groups is 1. The molecule has 0 saturated carbocycles. The van der Waals surface area contributed by atoms with Gasteiger partial charge in [0.1, 0.15) is 5.82 Å². The number of nitrogens with one attached hydrogen (secondary N) is 3. The van der Waals surface area contributed by atoms with Crippen molar-refractivity contribution < 1.29 is 9.18 Å². The first-order valence-electron chi connectivity index (χ1n) is 10.4. The molecular formula is C23H31FIN5O. The lowest BCUT2D eigenvalue weighted by atomic mass is 10.1. The van der Waals surface area contributed by atoms with E-state index in [2.05, 4.69) is 20.9 Å². The molecule has 1 saturated heterocycles. The Bertz CT molecular complexity index is 899. The molecule has 3 N–H and O–H groups in total. The van der Waals surface area contributed by atoms with E-state index in [-0.39, 0.29) is 35.8 Å². The van der Waals surface area contributed by atoms with E-state index in [1.165, 1.54) is 6.07 Å². The van der Waals surface area contributed by atoms with Crippen LogP contribution in [0.3, 0.4) is 0 Å². The highest BCUT2D eigenvalue weighted by atomic mass is 127. The van der Waals surface area contributed by atoms with Crippen LogP contribution in [0.4, 0.5) is 14.9 Å². The van der Waals surface area contributed by atoms with Crippen LogP contribution in [0.2, 0.25) is 0 Å². The Morgan fingerprint density at radius 3 is 2.61 bits per heavy atom. The molecule has 2 amide bonds. The van der Waals surface area contributed by atoms with Gasteiger partial charge in [-0.3, -0.25) is 4.99 Å². The number of amides is 2. The van der Waals surface area contributed by atoms with Crippen LogP contribution < -0.4 is 16.0 Å². The number of nitrogens with zero attached hydrogens (tertiary/aromatic N) is 2. The molecule has 168 valence electrons. The van der Waals surface area contributed by atoms with Crippen LogP contribution in [0.15, 0.2) is 47.5 Å². The molecule has 6 nitrogen and oxygen atoms in total. The van der Waals surface area contributed by atoms with Crippen LogP contribution in [-0.4, -0.2) is 43.6 Å². The zero-order valence-corrected chi connectivity index (χ0v) is 20.4. The second-order valence-corrected chi connectivity index (χ2v) is 7.50. The molecule has 2 aromatic carbocycles. The van der Waals surface area contributed by atoms with Gasteiger partial charge >= 0.3 is 6.03 Å². The molecule has 1 aliphatic heterocycles. The minimum Gasteiger partial charge on any atom is -0.356 e. The normalized spacial score (nSPS) is 13.5. The zero-order chi connectivity index (χ0) is 21.3. The number of benzene rings is 2. The molecule has 0 aromatic heterocycles. The van der Waals surface area contributed by atoms with Gasteiger partial charge in [0.15, 0.2) is 5.96 Å². The number of halogens is 2.